The van der Waals surface area contributed by atoms with Crippen molar-refractivity contribution >= 4 is 23.4 Å². The van der Waals surface area contributed by atoms with Gasteiger partial charge in [-0.15, -0.1) is 0 Å². The van der Waals surface area contributed by atoms with Crippen molar-refractivity contribution in [3.63, 3.8) is 0 Å². The van der Waals surface area contributed by atoms with Gasteiger partial charge in [-0.25, -0.2) is 13.6 Å². The van der Waals surface area contributed by atoms with E-state index in [2.05, 4.69) is 5.32 Å². The zero-order valence-electron chi connectivity index (χ0n) is 17.9. The second-order valence-electron chi connectivity index (χ2n) is 8.71. The quantitative estimate of drug-likeness (QED) is 0.696. The minimum Gasteiger partial charge on any atom is -0.443 e. The van der Waals surface area contributed by atoms with Crippen LogP contribution in [0.4, 0.5) is 25.0 Å². The van der Waals surface area contributed by atoms with E-state index < -0.39 is 6.09 Å². The maximum Gasteiger partial charge on any atom is 0.414 e. The summed E-state index contributed by atoms with van der Waals surface area (Å²) in [7, 11) is 0. The summed E-state index contributed by atoms with van der Waals surface area (Å²) >= 11 is 0. The summed E-state index contributed by atoms with van der Waals surface area (Å²) in [5.41, 5.74) is 3.47. The molecule has 2 amide bonds. The van der Waals surface area contributed by atoms with Crippen molar-refractivity contribution in [3.8, 4) is 0 Å². The van der Waals surface area contributed by atoms with Crippen LogP contribution in [0.15, 0.2) is 30.3 Å². The molecular formula is C24H25F2N3O3. The van der Waals surface area contributed by atoms with Crippen molar-refractivity contribution < 1.29 is 23.1 Å². The molecule has 6 nitrogen and oxygen atoms in total. The summed E-state index contributed by atoms with van der Waals surface area (Å²) in [6.07, 6.45) is 0.956. The van der Waals surface area contributed by atoms with E-state index in [9.17, 15) is 18.4 Å². The zero-order chi connectivity index (χ0) is 22.4. The third kappa shape index (κ3) is 3.62. The number of carbonyl (C=O) groups is 2. The van der Waals surface area contributed by atoms with E-state index in [0.717, 1.165) is 11.3 Å². The van der Waals surface area contributed by atoms with Crippen molar-refractivity contribution in [1.29, 1.82) is 0 Å². The Balaban J connectivity index is 1.17. The predicted octanol–water partition coefficient (Wildman–Crippen LogP) is 3.65. The average molecular weight is 441 g/mol. The fourth-order valence-electron chi connectivity index (χ4n) is 4.91. The predicted molar refractivity (Wildman–Crippen MR) is 116 cm³/mol. The highest BCUT2D eigenvalue weighted by molar-refractivity contribution is 5.99. The Morgan fingerprint density at radius 3 is 2.72 bits per heavy atom. The normalized spacial score (nSPS) is 21.8. The van der Waals surface area contributed by atoms with Crippen LogP contribution in [0.3, 0.4) is 0 Å². The van der Waals surface area contributed by atoms with Crippen molar-refractivity contribution in [2.24, 2.45) is 0 Å². The summed E-state index contributed by atoms with van der Waals surface area (Å²) in [6.45, 7) is 3.56. The lowest BCUT2D eigenvalue weighted by molar-refractivity contribution is -0.118. The molecule has 3 heterocycles. The molecule has 0 saturated carbocycles. The third-order valence-corrected chi connectivity index (χ3v) is 6.62. The number of carbonyl (C=O) groups excluding carboxylic acids is 2. The summed E-state index contributed by atoms with van der Waals surface area (Å²) < 4.78 is 33.8. The first kappa shape index (κ1) is 20.9. The highest BCUT2D eigenvalue weighted by atomic mass is 19.1. The lowest BCUT2D eigenvalue weighted by atomic mass is 9.93. The number of nitrogens with zero attached hydrogens (tertiary/aromatic N) is 2. The second kappa shape index (κ2) is 8.16. The van der Waals surface area contributed by atoms with Crippen LogP contribution >= 0.6 is 0 Å². The largest absolute Gasteiger partial charge is 0.443 e. The van der Waals surface area contributed by atoms with Gasteiger partial charge in [-0.2, -0.15) is 0 Å². The topological polar surface area (TPSA) is 61.9 Å². The lowest BCUT2D eigenvalue weighted by Gasteiger charge is -2.25. The number of rotatable bonds is 6. The molecule has 3 aliphatic heterocycles. The van der Waals surface area contributed by atoms with E-state index in [1.165, 1.54) is 17.0 Å². The number of ether oxygens (including phenoxy) is 1. The molecule has 0 bridgehead atoms. The highest BCUT2D eigenvalue weighted by Crippen LogP contribution is 2.44. The minimum absolute atomic E-state index is 0.0577. The summed E-state index contributed by atoms with van der Waals surface area (Å²) in [5, 5.41) is 3.29. The van der Waals surface area contributed by atoms with Gasteiger partial charge in [-0.1, -0.05) is 12.1 Å². The summed E-state index contributed by atoms with van der Waals surface area (Å²) in [6, 6.07) is 7.98. The summed E-state index contributed by atoms with van der Waals surface area (Å²) in [4.78, 5) is 27.7. The molecule has 1 saturated heterocycles. The van der Waals surface area contributed by atoms with Crippen LogP contribution in [0.1, 0.15) is 35.4 Å². The van der Waals surface area contributed by atoms with Gasteiger partial charge < -0.3 is 15.0 Å². The molecule has 0 unspecified atom stereocenters. The van der Waals surface area contributed by atoms with Crippen LogP contribution in [0.5, 0.6) is 0 Å². The Bertz CT molecular complexity index is 1090. The molecule has 1 fully saturated rings. The Hall–Kier alpha value is -3.00. The molecular weight excluding hydrogens is 416 g/mol. The number of hydrogen-bond donors (Lipinski definition) is 1. The number of hydrogen-bond acceptors (Lipinski definition) is 4. The summed E-state index contributed by atoms with van der Waals surface area (Å²) in [5.74, 6) is -0.611. The molecule has 0 radical (unpaired) electrons. The number of nitrogens with one attached hydrogen (secondary N) is 1. The molecule has 32 heavy (non-hydrogen) atoms. The molecule has 0 aromatic heterocycles. The standard InChI is InChI=1S/C24H25F2N3O3/c1-14-2-5-17(10-20(14)26)28-13-18(32-24(28)31)11-27-9-8-16-12-29-21(30)7-4-15-3-6-19(25)22(16)23(15)29/h2-3,5-6,10,16,18,27H,4,7-9,11-13H2,1H3/t16-,18-/m1/s1. The van der Waals surface area contributed by atoms with Gasteiger partial charge in [0.2, 0.25) is 5.91 Å². The lowest BCUT2D eigenvalue weighted by Crippen LogP contribution is -2.34. The molecule has 0 aliphatic carbocycles. The van der Waals surface area contributed by atoms with Crippen LogP contribution in [0.2, 0.25) is 0 Å². The Morgan fingerprint density at radius 1 is 1.06 bits per heavy atom. The molecule has 5 rings (SSSR count). The number of amides is 2. The van der Waals surface area contributed by atoms with Gasteiger partial charge in [-0.3, -0.25) is 9.69 Å². The van der Waals surface area contributed by atoms with Gasteiger partial charge >= 0.3 is 6.09 Å². The van der Waals surface area contributed by atoms with Crippen molar-refractivity contribution in [1.82, 2.24) is 5.32 Å². The van der Waals surface area contributed by atoms with Gasteiger partial charge in [0.1, 0.15) is 17.7 Å². The maximum absolute atomic E-state index is 14.6. The fraction of sp³-hybridized carbons (Fsp3) is 0.417. The van der Waals surface area contributed by atoms with E-state index in [0.29, 0.717) is 62.3 Å². The first-order valence-electron chi connectivity index (χ1n) is 11.0. The number of benzene rings is 2. The van der Waals surface area contributed by atoms with E-state index >= 15 is 0 Å². The van der Waals surface area contributed by atoms with Gasteiger partial charge in [0, 0.05) is 31.0 Å². The van der Waals surface area contributed by atoms with Gasteiger partial charge in [0.25, 0.3) is 0 Å². The number of halogens is 2. The minimum atomic E-state index is -0.494. The third-order valence-electron chi connectivity index (χ3n) is 6.62. The van der Waals surface area contributed by atoms with E-state index in [4.69, 9.17) is 4.74 Å². The Kier molecular flexibility index (Phi) is 5.33. The van der Waals surface area contributed by atoms with Gasteiger partial charge in [0.15, 0.2) is 0 Å². The second-order valence-corrected chi connectivity index (χ2v) is 8.71. The average Bonchev–Trinajstić information content (AvgIpc) is 3.34. The first-order valence-corrected chi connectivity index (χ1v) is 11.0. The van der Waals surface area contributed by atoms with E-state index in [-0.39, 0.29) is 29.6 Å². The highest BCUT2D eigenvalue weighted by Gasteiger charge is 2.38. The van der Waals surface area contributed by atoms with E-state index in [1.807, 2.05) is 0 Å². The maximum atomic E-state index is 14.6. The van der Waals surface area contributed by atoms with Gasteiger partial charge in [-0.05, 0) is 55.6 Å². The fourth-order valence-corrected chi connectivity index (χ4v) is 4.91. The van der Waals surface area contributed by atoms with Crippen molar-refractivity contribution in [2.45, 2.75) is 38.2 Å². The Labute approximate surface area is 185 Å². The van der Waals surface area contributed by atoms with Crippen LogP contribution in [-0.4, -0.2) is 44.3 Å². The van der Waals surface area contributed by atoms with Crippen LogP contribution in [0, 0.1) is 18.6 Å². The first-order chi connectivity index (χ1) is 15.4. The number of anilines is 2. The number of aryl methyl sites for hydroxylation is 2. The van der Waals surface area contributed by atoms with Gasteiger partial charge in [0.05, 0.1) is 17.9 Å². The molecule has 168 valence electrons. The molecule has 3 aliphatic rings. The molecule has 2 aromatic rings. The Morgan fingerprint density at radius 2 is 1.91 bits per heavy atom. The van der Waals surface area contributed by atoms with E-state index in [1.54, 1.807) is 30.0 Å². The SMILES string of the molecule is Cc1ccc(N2C[C@@H](CNCC[C@@H]3CN4C(=O)CCc5ccc(F)c3c54)OC2=O)cc1F. The van der Waals surface area contributed by atoms with Crippen LogP contribution in [0.25, 0.3) is 0 Å². The smallest absolute Gasteiger partial charge is 0.414 e. The molecule has 1 N–H and O–H groups in total. The molecule has 2 atom stereocenters. The number of cyclic esters (lactones) is 1. The zero-order valence-corrected chi connectivity index (χ0v) is 17.9. The molecule has 0 spiro atoms. The monoisotopic (exact) mass is 441 g/mol. The van der Waals surface area contributed by atoms with Crippen LogP contribution < -0.4 is 15.1 Å². The van der Waals surface area contributed by atoms with Crippen molar-refractivity contribution in [3.05, 3.63) is 58.7 Å². The van der Waals surface area contributed by atoms with Crippen molar-refractivity contribution in [2.75, 3.05) is 36.0 Å². The molecule has 2 aromatic carbocycles. The van der Waals surface area contributed by atoms with Crippen LogP contribution in [-0.2, 0) is 16.0 Å². The molecule has 8 heteroatoms.